The number of ether oxygens (including phenoxy) is 1. The summed E-state index contributed by atoms with van der Waals surface area (Å²) < 4.78 is 19.3. The maximum atomic E-state index is 13.5. The van der Waals surface area contributed by atoms with Crippen molar-refractivity contribution in [1.82, 2.24) is 5.32 Å². The summed E-state index contributed by atoms with van der Waals surface area (Å²) in [5.74, 6) is -0.294. The topological polar surface area (TPSA) is 58.6 Å². The zero-order valence-corrected chi connectivity index (χ0v) is 13.2. The van der Waals surface area contributed by atoms with Crippen molar-refractivity contribution in [2.45, 2.75) is 31.8 Å². The molecule has 4 nitrogen and oxygen atoms in total. The molecule has 2 N–H and O–H groups in total. The van der Waals surface area contributed by atoms with Gasteiger partial charge >= 0.3 is 0 Å². The van der Waals surface area contributed by atoms with Crippen molar-refractivity contribution >= 4 is 21.8 Å². The van der Waals surface area contributed by atoms with Gasteiger partial charge in [0.2, 0.25) is 0 Å². The van der Waals surface area contributed by atoms with Crippen LogP contribution in [0.15, 0.2) is 22.7 Å². The van der Waals surface area contributed by atoms with Crippen LogP contribution in [-0.2, 0) is 4.79 Å². The van der Waals surface area contributed by atoms with Crippen molar-refractivity contribution in [2.24, 2.45) is 5.92 Å². The van der Waals surface area contributed by atoms with E-state index in [9.17, 15) is 14.3 Å². The number of hydrogen-bond acceptors (Lipinski definition) is 3. The summed E-state index contributed by atoms with van der Waals surface area (Å²) in [6, 6.07) is 4.43. The highest BCUT2D eigenvalue weighted by atomic mass is 79.9. The average Bonchev–Trinajstić information content (AvgIpc) is 2.46. The number of carbonyl (C=O) groups is 1. The van der Waals surface area contributed by atoms with Gasteiger partial charge in [0, 0.05) is 11.0 Å². The molecule has 0 atom stereocenters. The van der Waals surface area contributed by atoms with Crippen molar-refractivity contribution in [2.75, 3.05) is 13.2 Å². The number of benzene rings is 1. The number of halogens is 2. The summed E-state index contributed by atoms with van der Waals surface area (Å²) in [6.45, 7) is 0.381. The molecule has 0 aliphatic heterocycles. The second kappa shape index (κ2) is 7.75. The van der Waals surface area contributed by atoms with Crippen molar-refractivity contribution in [1.29, 1.82) is 0 Å². The first-order valence-electron chi connectivity index (χ1n) is 7.07. The van der Waals surface area contributed by atoms with E-state index < -0.39 is 5.82 Å². The van der Waals surface area contributed by atoms with Crippen LogP contribution in [-0.4, -0.2) is 30.3 Å². The zero-order valence-electron chi connectivity index (χ0n) is 11.6. The van der Waals surface area contributed by atoms with Crippen molar-refractivity contribution in [3.63, 3.8) is 0 Å². The van der Waals surface area contributed by atoms with Gasteiger partial charge in [-0.3, -0.25) is 4.79 Å². The zero-order chi connectivity index (χ0) is 15.2. The first-order chi connectivity index (χ1) is 10.0. The Labute approximate surface area is 131 Å². The number of aliphatic hydroxyl groups excluding tert-OH is 1. The summed E-state index contributed by atoms with van der Waals surface area (Å²) in [5, 5.41) is 12.2. The van der Waals surface area contributed by atoms with Gasteiger partial charge in [0.25, 0.3) is 5.91 Å². The molecule has 0 unspecified atom stereocenters. The van der Waals surface area contributed by atoms with Crippen LogP contribution in [0.5, 0.6) is 5.75 Å². The van der Waals surface area contributed by atoms with Gasteiger partial charge in [0.15, 0.2) is 18.2 Å². The van der Waals surface area contributed by atoms with E-state index in [2.05, 4.69) is 21.2 Å². The third-order valence-electron chi connectivity index (χ3n) is 3.66. The molecule has 0 heterocycles. The van der Waals surface area contributed by atoms with E-state index in [1.54, 1.807) is 6.07 Å². The Balaban J connectivity index is 1.70. The standard InChI is InChI=1S/C15H19BrFNO3/c16-11-3-6-14(13(17)7-11)21-9-15(20)18-8-10-1-4-12(19)5-2-10/h3,6-7,10,12,19H,1-2,4-5,8-9H2,(H,18,20). The Hall–Kier alpha value is -1.14. The molecule has 1 aromatic rings. The van der Waals surface area contributed by atoms with Crippen LogP contribution in [0.4, 0.5) is 4.39 Å². The maximum Gasteiger partial charge on any atom is 0.257 e. The van der Waals surface area contributed by atoms with E-state index in [0.29, 0.717) is 16.9 Å². The molecule has 0 radical (unpaired) electrons. The monoisotopic (exact) mass is 359 g/mol. The molecule has 0 aromatic heterocycles. The first-order valence-corrected chi connectivity index (χ1v) is 7.86. The minimum absolute atomic E-state index is 0.0640. The summed E-state index contributed by atoms with van der Waals surface area (Å²) in [6.07, 6.45) is 3.23. The van der Waals surface area contributed by atoms with Crippen LogP contribution >= 0.6 is 15.9 Å². The van der Waals surface area contributed by atoms with Crippen LogP contribution in [0.1, 0.15) is 25.7 Å². The molecule has 6 heteroatoms. The van der Waals surface area contributed by atoms with Gasteiger partial charge in [0.05, 0.1) is 6.10 Å². The summed E-state index contributed by atoms with van der Waals surface area (Å²) in [5.41, 5.74) is 0. The molecule has 0 saturated heterocycles. The van der Waals surface area contributed by atoms with E-state index >= 15 is 0 Å². The van der Waals surface area contributed by atoms with Gasteiger partial charge in [-0.25, -0.2) is 4.39 Å². The lowest BCUT2D eigenvalue weighted by molar-refractivity contribution is -0.123. The number of hydrogen-bond donors (Lipinski definition) is 2. The predicted octanol–water partition coefficient (Wildman–Crippen LogP) is 2.63. The Morgan fingerprint density at radius 1 is 1.38 bits per heavy atom. The fraction of sp³-hybridized carbons (Fsp3) is 0.533. The van der Waals surface area contributed by atoms with E-state index in [1.807, 2.05) is 0 Å². The van der Waals surface area contributed by atoms with Crippen molar-refractivity contribution in [3.8, 4) is 5.75 Å². The molecule has 1 fully saturated rings. The summed E-state index contributed by atoms with van der Waals surface area (Å²) in [7, 11) is 0. The van der Waals surface area contributed by atoms with E-state index in [0.717, 1.165) is 25.7 Å². The summed E-state index contributed by atoms with van der Waals surface area (Å²) >= 11 is 3.16. The van der Waals surface area contributed by atoms with Crippen LogP contribution in [0, 0.1) is 11.7 Å². The molecule has 116 valence electrons. The van der Waals surface area contributed by atoms with Crippen LogP contribution in [0.25, 0.3) is 0 Å². The average molecular weight is 360 g/mol. The number of nitrogens with one attached hydrogen (secondary N) is 1. The fourth-order valence-corrected chi connectivity index (χ4v) is 2.73. The van der Waals surface area contributed by atoms with Crippen LogP contribution < -0.4 is 10.1 Å². The normalized spacial score (nSPS) is 21.9. The van der Waals surface area contributed by atoms with Crippen molar-refractivity contribution in [3.05, 3.63) is 28.5 Å². The third kappa shape index (κ3) is 5.28. The predicted molar refractivity (Wildman–Crippen MR) is 80.6 cm³/mol. The highest BCUT2D eigenvalue weighted by Gasteiger charge is 2.19. The van der Waals surface area contributed by atoms with Gasteiger partial charge in [-0.1, -0.05) is 15.9 Å². The first kappa shape index (κ1) is 16.2. The minimum Gasteiger partial charge on any atom is -0.481 e. The molecule has 0 spiro atoms. The Morgan fingerprint density at radius 3 is 2.76 bits per heavy atom. The maximum absolute atomic E-state index is 13.5. The molecule has 1 saturated carbocycles. The smallest absolute Gasteiger partial charge is 0.257 e. The van der Waals surface area contributed by atoms with Crippen molar-refractivity contribution < 1.29 is 19.0 Å². The van der Waals surface area contributed by atoms with E-state index in [4.69, 9.17) is 4.74 Å². The largest absolute Gasteiger partial charge is 0.481 e. The van der Waals surface area contributed by atoms with Gasteiger partial charge in [-0.2, -0.15) is 0 Å². The molecule has 1 aliphatic rings. The molecular weight excluding hydrogens is 341 g/mol. The van der Waals surface area contributed by atoms with E-state index in [-0.39, 0.29) is 24.4 Å². The number of carbonyl (C=O) groups excluding carboxylic acids is 1. The van der Waals surface area contributed by atoms with Gasteiger partial charge in [-0.05, 0) is 49.8 Å². The van der Waals surface area contributed by atoms with Gasteiger partial charge in [0.1, 0.15) is 0 Å². The number of rotatable bonds is 5. The lowest BCUT2D eigenvalue weighted by Crippen LogP contribution is -2.35. The Bertz CT molecular complexity index is 490. The van der Waals surface area contributed by atoms with Crippen LogP contribution in [0.2, 0.25) is 0 Å². The fourth-order valence-electron chi connectivity index (χ4n) is 2.39. The minimum atomic E-state index is -0.501. The molecular formula is C15H19BrFNO3. The summed E-state index contributed by atoms with van der Waals surface area (Å²) in [4.78, 5) is 11.7. The number of amides is 1. The molecule has 2 rings (SSSR count). The molecule has 1 aromatic carbocycles. The second-order valence-electron chi connectivity index (χ2n) is 5.34. The Kier molecular flexibility index (Phi) is 5.99. The van der Waals surface area contributed by atoms with Gasteiger partial charge < -0.3 is 15.2 Å². The molecule has 1 amide bonds. The lowest BCUT2D eigenvalue weighted by atomic mass is 9.87. The Morgan fingerprint density at radius 2 is 2.10 bits per heavy atom. The third-order valence-corrected chi connectivity index (χ3v) is 4.15. The quantitative estimate of drug-likeness (QED) is 0.849. The number of aliphatic hydroxyl groups is 1. The molecule has 21 heavy (non-hydrogen) atoms. The molecule has 1 aliphatic carbocycles. The van der Waals surface area contributed by atoms with E-state index in [1.165, 1.54) is 12.1 Å². The van der Waals surface area contributed by atoms with Crippen LogP contribution in [0.3, 0.4) is 0 Å². The lowest BCUT2D eigenvalue weighted by Gasteiger charge is -2.25. The highest BCUT2D eigenvalue weighted by molar-refractivity contribution is 9.10. The van der Waals surface area contributed by atoms with Gasteiger partial charge in [-0.15, -0.1) is 0 Å². The highest BCUT2D eigenvalue weighted by Crippen LogP contribution is 2.23. The second-order valence-corrected chi connectivity index (χ2v) is 6.26. The SMILES string of the molecule is O=C(COc1ccc(Br)cc1F)NCC1CCC(O)CC1. The molecule has 0 bridgehead atoms.